The highest BCUT2D eigenvalue weighted by atomic mass is 16.5. The van der Waals surface area contributed by atoms with Crippen molar-refractivity contribution >= 4 is 33.7 Å². The molecule has 3 heterocycles. The van der Waals surface area contributed by atoms with Crippen LogP contribution >= 0.6 is 0 Å². The average Bonchev–Trinajstić information content (AvgIpc) is 3.45. The molecule has 5 rings (SSSR count). The Morgan fingerprint density at radius 1 is 0.884 bits per heavy atom. The summed E-state index contributed by atoms with van der Waals surface area (Å²) in [5.41, 5.74) is 5.64. The number of ether oxygens (including phenoxy) is 1. The van der Waals surface area contributed by atoms with E-state index in [0.717, 1.165) is 76.8 Å². The zero-order chi connectivity index (χ0) is 31.4. The standard InChI is InChI=1S/C34H44N4O5/c1-20(2)24-15-21(3)29(25-19-28(33(41)42)37(8)31(24)25)34(4,5)26-18-23(43-14-13-38-11-9-35(6)10-12-38)16-22-17-27(32(39)40)36(7)30(22)26/h15-20H,9-14H2,1-8H3,(H,39,40)(H,41,42). The molecule has 230 valence electrons. The van der Waals surface area contributed by atoms with Gasteiger partial charge in [0.1, 0.15) is 23.7 Å². The van der Waals surface area contributed by atoms with Crippen LogP contribution in [0.5, 0.6) is 5.75 Å². The minimum Gasteiger partial charge on any atom is -0.492 e. The van der Waals surface area contributed by atoms with Gasteiger partial charge < -0.3 is 29.0 Å². The van der Waals surface area contributed by atoms with Gasteiger partial charge in [0, 0.05) is 63.0 Å². The molecule has 2 N–H and O–H groups in total. The average molecular weight is 589 g/mol. The molecule has 9 heteroatoms. The predicted molar refractivity (Wildman–Crippen MR) is 170 cm³/mol. The van der Waals surface area contributed by atoms with Gasteiger partial charge in [-0.05, 0) is 66.4 Å². The minimum absolute atomic E-state index is 0.198. The van der Waals surface area contributed by atoms with Crippen molar-refractivity contribution in [2.24, 2.45) is 14.1 Å². The van der Waals surface area contributed by atoms with E-state index in [-0.39, 0.29) is 17.3 Å². The summed E-state index contributed by atoms with van der Waals surface area (Å²) in [6.45, 7) is 16.0. The highest BCUT2D eigenvalue weighted by molar-refractivity contribution is 6.00. The van der Waals surface area contributed by atoms with Crippen LogP contribution in [0.3, 0.4) is 0 Å². The van der Waals surface area contributed by atoms with Crippen molar-refractivity contribution in [2.75, 3.05) is 46.4 Å². The maximum Gasteiger partial charge on any atom is 0.352 e. The molecule has 0 spiro atoms. The molecule has 4 aromatic rings. The van der Waals surface area contributed by atoms with Gasteiger partial charge in [-0.3, -0.25) is 4.90 Å². The lowest BCUT2D eigenvalue weighted by Gasteiger charge is -2.32. The van der Waals surface area contributed by atoms with E-state index in [1.807, 2.05) is 19.2 Å². The van der Waals surface area contributed by atoms with Gasteiger partial charge in [0.2, 0.25) is 0 Å². The van der Waals surface area contributed by atoms with Crippen molar-refractivity contribution in [3.05, 3.63) is 64.0 Å². The van der Waals surface area contributed by atoms with Gasteiger partial charge in [-0.15, -0.1) is 0 Å². The molecule has 2 aromatic heterocycles. The zero-order valence-corrected chi connectivity index (χ0v) is 26.6. The Balaban J connectivity index is 1.67. The number of nitrogens with zero attached hydrogens (tertiary/aromatic N) is 4. The number of hydrogen-bond acceptors (Lipinski definition) is 5. The maximum atomic E-state index is 12.2. The maximum absolute atomic E-state index is 12.2. The molecule has 0 atom stereocenters. The van der Waals surface area contributed by atoms with Gasteiger partial charge >= 0.3 is 11.9 Å². The molecule has 0 aliphatic carbocycles. The summed E-state index contributed by atoms with van der Waals surface area (Å²) in [6.07, 6.45) is 0. The van der Waals surface area contributed by atoms with E-state index in [2.05, 4.69) is 57.5 Å². The molecule has 1 fully saturated rings. The van der Waals surface area contributed by atoms with Crippen molar-refractivity contribution < 1.29 is 24.5 Å². The lowest BCUT2D eigenvalue weighted by molar-refractivity contribution is 0.0676. The number of hydrogen-bond donors (Lipinski definition) is 2. The lowest BCUT2D eigenvalue weighted by atomic mass is 9.73. The third kappa shape index (κ3) is 5.40. The highest BCUT2D eigenvalue weighted by Gasteiger charge is 2.34. The fourth-order valence-corrected chi connectivity index (χ4v) is 6.95. The van der Waals surface area contributed by atoms with E-state index < -0.39 is 17.4 Å². The number of aromatic nitrogens is 2. The van der Waals surface area contributed by atoms with Gasteiger partial charge in [-0.2, -0.15) is 0 Å². The first-order chi connectivity index (χ1) is 20.2. The number of carboxylic acid groups (broad SMARTS) is 2. The van der Waals surface area contributed by atoms with Crippen molar-refractivity contribution in [1.82, 2.24) is 18.9 Å². The number of likely N-dealkylation sites (N-methyl/N-ethyl adjacent to an activating group) is 1. The first-order valence-corrected chi connectivity index (χ1v) is 15.0. The Hall–Kier alpha value is -3.82. The third-order valence-electron chi connectivity index (χ3n) is 9.27. The van der Waals surface area contributed by atoms with E-state index in [1.54, 1.807) is 28.3 Å². The minimum atomic E-state index is -0.992. The number of aromatic carboxylic acids is 2. The number of aryl methyl sites for hydroxylation is 3. The van der Waals surface area contributed by atoms with Crippen LogP contribution in [0.15, 0.2) is 30.3 Å². The van der Waals surface area contributed by atoms with Gasteiger partial charge in [0.05, 0.1) is 11.0 Å². The molecule has 1 aliphatic rings. The smallest absolute Gasteiger partial charge is 0.352 e. The Labute approximate surface area is 253 Å². The molecule has 0 amide bonds. The molecular formula is C34H44N4O5. The number of carboxylic acids is 2. The number of carbonyl (C=O) groups is 2. The molecule has 0 unspecified atom stereocenters. The second kappa shape index (κ2) is 11.4. The van der Waals surface area contributed by atoms with E-state index in [4.69, 9.17) is 4.74 Å². The fraction of sp³-hybridized carbons (Fsp3) is 0.471. The van der Waals surface area contributed by atoms with Crippen LogP contribution in [0.2, 0.25) is 0 Å². The van der Waals surface area contributed by atoms with Gasteiger partial charge in [0.15, 0.2) is 0 Å². The molecular weight excluding hydrogens is 544 g/mol. The summed E-state index contributed by atoms with van der Waals surface area (Å²) in [4.78, 5) is 29.2. The molecule has 9 nitrogen and oxygen atoms in total. The summed E-state index contributed by atoms with van der Waals surface area (Å²) in [7, 11) is 5.74. The summed E-state index contributed by atoms with van der Waals surface area (Å²) >= 11 is 0. The topological polar surface area (TPSA) is 100 Å². The Morgan fingerprint density at radius 2 is 1.49 bits per heavy atom. The second-order valence-electron chi connectivity index (χ2n) is 12.9. The van der Waals surface area contributed by atoms with Crippen molar-refractivity contribution in [1.29, 1.82) is 0 Å². The SMILES string of the molecule is Cc1cc(C(C)C)c2c(cc(C(=O)O)n2C)c1C(C)(C)c1cc(OCCN2CCN(C)CC2)cc2cc(C(=O)O)n(C)c12. The normalized spacial score (nSPS) is 15.2. The van der Waals surface area contributed by atoms with Crippen LogP contribution in [0.25, 0.3) is 21.8 Å². The van der Waals surface area contributed by atoms with Crippen LogP contribution in [0.1, 0.15) is 76.8 Å². The molecule has 1 saturated heterocycles. The molecule has 0 radical (unpaired) electrons. The van der Waals surface area contributed by atoms with E-state index in [1.165, 1.54) is 0 Å². The zero-order valence-electron chi connectivity index (χ0n) is 26.6. The van der Waals surface area contributed by atoms with Gasteiger partial charge in [-0.25, -0.2) is 9.59 Å². The van der Waals surface area contributed by atoms with Crippen LogP contribution in [-0.2, 0) is 19.5 Å². The predicted octanol–water partition coefficient (Wildman–Crippen LogP) is 5.45. The monoisotopic (exact) mass is 588 g/mol. The quantitative estimate of drug-likeness (QED) is 0.268. The van der Waals surface area contributed by atoms with Gasteiger partial charge in [0.25, 0.3) is 0 Å². The highest BCUT2D eigenvalue weighted by Crippen LogP contribution is 2.45. The molecule has 0 bridgehead atoms. The van der Waals surface area contributed by atoms with E-state index in [0.29, 0.717) is 12.4 Å². The van der Waals surface area contributed by atoms with Crippen molar-refractivity contribution in [3.63, 3.8) is 0 Å². The summed E-state index contributed by atoms with van der Waals surface area (Å²) in [6, 6.07) is 9.65. The summed E-state index contributed by atoms with van der Waals surface area (Å²) in [5.74, 6) is -1.07. The Bertz CT molecular complexity index is 1720. The molecule has 43 heavy (non-hydrogen) atoms. The fourth-order valence-electron chi connectivity index (χ4n) is 6.95. The van der Waals surface area contributed by atoms with Crippen LogP contribution in [0.4, 0.5) is 0 Å². The Kier molecular flexibility index (Phi) is 8.09. The molecule has 2 aromatic carbocycles. The van der Waals surface area contributed by atoms with Gasteiger partial charge in [-0.1, -0.05) is 33.8 Å². The molecule has 1 aliphatic heterocycles. The van der Waals surface area contributed by atoms with Crippen LogP contribution in [-0.4, -0.2) is 87.5 Å². The Morgan fingerprint density at radius 3 is 2.09 bits per heavy atom. The number of piperazine rings is 1. The first kappa shape index (κ1) is 30.6. The number of benzene rings is 2. The van der Waals surface area contributed by atoms with E-state index >= 15 is 0 Å². The third-order valence-corrected chi connectivity index (χ3v) is 9.27. The molecule has 0 saturated carbocycles. The second-order valence-corrected chi connectivity index (χ2v) is 12.9. The largest absolute Gasteiger partial charge is 0.492 e. The van der Waals surface area contributed by atoms with E-state index in [9.17, 15) is 19.8 Å². The lowest BCUT2D eigenvalue weighted by Crippen LogP contribution is -2.45. The summed E-state index contributed by atoms with van der Waals surface area (Å²) in [5, 5.41) is 21.7. The van der Waals surface area contributed by atoms with Crippen LogP contribution in [0, 0.1) is 6.92 Å². The number of rotatable bonds is 9. The van der Waals surface area contributed by atoms with Crippen LogP contribution < -0.4 is 4.74 Å². The van der Waals surface area contributed by atoms with Crippen molar-refractivity contribution in [2.45, 2.75) is 46.0 Å². The number of fused-ring (bicyclic) bond motifs is 2. The first-order valence-electron chi connectivity index (χ1n) is 15.0. The van der Waals surface area contributed by atoms with Crippen molar-refractivity contribution in [3.8, 4) is 5.75 Å². The summed E-state index contributed by atoms with van der Waals surface area (Å²) < 4.78 is 9.88.